The molecule has 0 saturated heterocycles. The first-order valence-corrected chi connectivity index (χ1v) is 7.26. The summed E-state index contributed by atoms with van der Waals surface area (Å²) in [7, 11) is -3.83. The molecule has 0 saturated carbocycles. The molecule has 1 aliphatic heterocycles. The molecule has 0 spiro atoms. The predicted octanol–water partition coefficient (Wildman–Crippen LogP) is 1.97. The molecular weight excluding hydrogens is 278 g/mol. The van der Waals surface area contributed by atoms with Crippen LogP contribution >= 0.6 is 0 Å². The van der Waals surface area contributed by atoms with E-state index in [-0.39, 0.29) is 22.3 Å². The first-order chi connectivity index (χ1) is 9.56. The summed E-state index contributed by atoms with van der Waals surface area (Å²) in [4.78, 5) is -0.0453. The molecule has 0 radical (unpaired) electrons. The maximum atomic E-state index is 12.0. The van der Waals surface area contributed by atoms with Gasteiger partial charge in [-0.3, -0.25) is 0 Å². The van der Waals surface area contributed by atoms with Crippen LogP contribution in [0.4, 0.5) is 11.4 Å². The molecule has 2 aromatic rings. The Hall–Kier alpha value is -2.54. The minimum Gasteiger partial charge on any atom is -0.506 e. The summed E-state index contributed by atoms with van der Waals surface area (Å²) >= 11 is 0. The van der Waals surface area contributed by atoms with Crippen LogP contribution in [0.3, 0.4) is 0 Å². The largest absolute Gasteiger partial charge is 0.506 e. The summed E-state index contributed by atoms with van der Waals surface area (Å²) in [5, 5.41) is 15.4. The second-order valence-electron chi connectivity index (χ2n) is 4.18. The van der Waals surface area contributed by atoms with Gasteiger partial charge in [-0.25, -0.2) is 0 Å². The highest BCUT2D eigenvalue weighted by Crippen LogP contribution is 2.34. The fourth-order valence-corrected chi connectivity index (χ4v) is 2.98. The highest BCUT2D eigenvalue weighted by atomic mass is 32.2. The number of benzene rings is 2. The number of rotatable bonds is 1. The van der Waals surface area contributed by atoms with Crippen LogP contribution < -0.4 is 10.6 Å². The van der Waals surface area contributed by atoms with Gasteiger partial charge < -0.3 is 15.7 Å². The molecule has 6 nitrogen and oxygen atoms in total. The molecule has 3 rings (SSSR count). The monoisotopic (exact) mass is 289 g/mol. The molecule has 0 bridgehead atoms. The van der Waals surface area contributed by atoms with E-state index in [4.69, 9.17) is 0 Å². The van der Waals surface area contributed by atoms with Crippen LogP contribution in [0.15, 0.2) is 57.8 Å². The van der Waals surface area contributed by atoms with Crippen molar-refractivity contribution in [3.05, 3.63) is 48.5 Å². The average molecular weight is 289 g/mol. The number of anilines is 2. The standard InChI is InChI=1S/C13H11N3O3S/c17-10-7-4-8-11-12(10)15-13(16-20(11,18)19)14-9-5-2-1-3-6-9/h1-8,17H,(H2,14,15,16). The van der Waals surface area contributed by atoms with Crippen LogP contribution in [0.1, 0.15) is 0 Å². The number of phenols is 1. The number of para-hydroxylation sites is 2. The number of nitrogens with zero attached hydrogens (tertiary/aromatic N) is 1. The van der Waals surface area contributed by atoms with Gasteiger partial charge >= 0.3 is 0 Å². The smallest absolute Gasteiger partial charge is 0.287 e. The van der Waals surface area contributed by atoms with Gasteiger partial charge in [0.25, 0.3) is 10.0 Å². The lowest BCUT2D eigenvalue weighted by atomic mass is 10.3. The molecule has 2 aromatic carbocycles. The Morgan fingerprint density at radius 3 is 2.55 bits per heavy atom. The zero-order valence-electron chi connectivity index (χ0n) is 10.2. The Labute approximate surface area is 115 Å². The average Bonchev–Trinajstić information content (AvgIpc) is 2.41. The molecule has 0 aromatic heterocycles. The minimum absolute atomic E-state index is 0.0453. The summed E-state index contributed by atoms with van der Waals surface area (Å²) in [6.07, 6.45) is 0. The Bertz CT molecular complexity index is 786. The third kappa shape index (κ3) is 2.19. The summed E-state index contributed by atoms with van der Waals surface area (Å²) in [5.74, 6) is -0.0986. The third-order valence-corrected chi connectivity index (χ3v) is 4.09. The number of hydrogen-bond donors (Lipinski definition) is 3. The predicted molar refractivity (Wildman–Crippen MR) is 76.4 cm³/mol. The van der Waals surface area contributed by atoms with Crippen LogP contribution in [-0.4, -0.2) is 19.5 Å². The van der Waals surface area contributed by atoms with Crippen LogP contribution in [0.5, 0.6) is 5.75 Å². The number of guanidine groups is 1. The van der Waals surface area contributed by atoms with Gasteiger partial charge in [-0.15, -0.1) is 4.40 Å². The SMILES string of the molecule is O=S1(=O)N=C(Nc2ccccc2)Nc2c(O)cccc21. The van der Waals surface area contributed by atoms with Crippen LogP contribution in [0, 0.1) is 0 Å². The first kappa shape index (κ1) is 12.5. The second kappa shape index (κ2) is 4.53. The van der Waals surface area contributed by atoms with Gasteiger partial charge in [0.15, 0.2) is 0 Å². The molecule has 0 atom stereocenters. The van der Waals surface area contributed by atoms with Gasteiger partial charge in [-0.1, -0.05) is 24.3 Å². The van der Waals surface area contributed by atoms with Gasteiger partial charge in [-0.2, -0.15) is 8.42 Å². The second-order valence-corrected chi connectivity index (χ2v) is 5.75. The molecular formula is C13H11N3O3S. The fraction of sp³-hybridized carbons (Fsp3) is 0. The van der Waals surface area contributed by atoms with Crippen molar-refractivity contribution in [2.24, 2.45) is 4.40 Å². The Morgan fingerprint density at radius 1 is 1.05 bits per heavy atom. The van der Waals surface area contributed by atoms with E-state index < -0.39 is 10.0 Å². The van der Waals surface area contributed by atoms with Gasteiger partial charge in [0.05, 0.1) is 0 Å². The highest BCUT2D eigenvalue weighted by Gasteiger charge is 2.26. The lowest BCUT2D eigenvalue weighted by Gasteiger charge is -2.19. The van der Waals surface area contributed by atoms with Crippen LogP contribution in [0.2, 0.25) is 0 Å². The molecule has 1 heterocycles. The van der Waals surface area contributed by atoms with Crippen molar-refractivity contribution in [2.75, 3.05) is 10.6 Å². The summed E-state index contributed by atoms with van der Waals surface area (Å²) in [6.45, 7) is 0. The molecule has 0 unspecified atom stereocenters. The molecule has 7 heteroatoms. The first-order valence-electron chi connectivity index (χ1n) is 5.82. The number of hydrogen-bond acceptors (Lipinski definition) is 5. The van der Waals surface area contributed by atoms with E-state index in [1.165, 1.54) is 18.2 Å². The van der Waals surface area contributed by atoms with Crippen molar-refractivity contribution in [1.29, 1.82) is 0 Å². The molecule has 3 N–H and O–H groups in total. The summed E-state index contributed by atoms with van der Waals surface area (Å²) in [6, 6.07) is 13.3. The Balaban J connectivity index is 2.01. The number of aromatic hydroxyl groups is 1. The number of fused-ring (bicyclic) bond motifs is 1. The van der Waals surface area contributed by atoms with Gasteiger partial charge in [0.2, 0.25) is 5.96 Å². The van der Waals surface area contributed by atoms with Crippen molar-refractivity contribution < 1.29 is 13.5 Å². The zero-order chi connectivity index (χ0) is 14.2. The van der Waals surface area contributed by atoms with Crippen molar-refractivity contribution in [3.8, 4) is 5.75 Å². The maximum Gasteiger partial charge on any atom is 0.287 e. The van der Waals surface area contributed by atoms with Gasteiger partial charge in [-0.05, 0) is 24.3 Å². The lowest BCUT2D eigenvalue weighted by Crippen LogP contribution is -2.28. The molecule has 1 aliphatic rings. The number of nitrogens with one attached hydrogen (secondary N) is 2. The molecule has 0 fully saturated rings. The highest BCUT2D eigenvalue weighted by molar-refractivity contribution is 7.90. The zero-order valence-corrected chi connectivity index (χ0v) is 11.1. The number of sulfonamides is 1. The van der Waals surface area contributed by atoms with Gasteiger partial charge in [0.1, 0.15) is 16.3 Å². The quantitative estimate of drug-likeness (QED) is 0.698. The van der Waals surface area contributed by atoms with E-state index >= 15 is 0 Å². The van der Waals surface area contributed by atoms with Crippen molar-refractivity contribution in [3.63, 3.8) is 0 Å². The van der Waals surface area contributed by atoms with Crippen LogP contribution in [-0.2, 0) is 10.0 Å². The number of phenolic OH excluding ortho intramolecular Hbond substituents is 1. The maximum absolute atomic E-state index is 12.0. The lowest BCUT2D eigenvalue weighted by molar-refractivity contribution is 0.476. The summed E-state index contributed by atoms with van der Waals surface area (Å²) < 4.78 is 27.7. The third-order valence-electron chi connectivity index (χ3n) is 2.77. The van der Waals surface area contributed by atoms with E-state index in [1.54, 1.807) is 12.1 Å². The van der Waals surface area contributed by atoms with Crippen LogP contribution in [0.25, 0.3) is 0 Å². The van der Waals surface area contributed by atoms with Gasteiger partial charge in [0, 0.05) is 5.69 Å². The minimum atomic E-state index is -3.83. The van der Waals surface area contributed by atoms with E-state index in [2.05, 4.69) is 15.0 Å². The molecule has 0 amide bonds. The van der Waals surface area contributed by atoms with Crippen molar-refractivity contribution in [1.82, 2.24) is 0 Å². The van der Waals surface area contributed by atoms with E-state index in [0.717, 1.165) is 0 Å². The van der Waals surface area contributed by atoms with E-state index in [0.29, 0.717) is 5.69 Å². The molecule has 20 heavy (non-hydrogen) atoms. The molecule has 0 aliphatic carbocycles. The Kier molecular flexibility index (Phi) is 2.83. The normalized spacial score (nSPS) is 15.7. The summed E-state index contributed by atoms with van der Waals surface area (Å²) in [5.41, 5.74) is 0.814. The molecule has 102 valence electrons. The Morgan fingerprint density at radius 2 is 1.80 bits per heavy atom. The van der Waals surface area contributed by atoms with E-state index in [1.807, 2.05) is 18.2 Å². The van der Waals surface area contributed by atoms with Crippen molar-refractivity contribution in [2.45, 2.75) is 4.90 Å². The fourth-order valence-electron chi connectivity index (χ4n) is 1.88. The van der Waals surface area contributed by atoms with E-state index in [9.17, 15) is 13.5 Å². The topological polar surface area (TPSA) is 90.8 Å². The van der Waals surface area contributed by atoms with Crippen molar-refractivity contribution >= 4 is 27.4 Å².